The summed E-state index contributed by atoms with van der Waals surface area (Å²) in [7, 11) is 1.83. The Balaban J connectivity index is 2.89. The number of carbonyl (C=O) groups excluding carboxylic acids is 1. The highest BCUT2D eigenvalue weighted by molar-refractivity contribution is 9.10. The molecular formula is C14H19BrClNO. The lowest BCUT2D eigenvalue weighted by Crippen LogP contribution is -2.36. The Bertz CT molecular complexity index is 434. The number of rotatable bonds is 4. The van der Waals surface area contributed by atoms with Crippen LogP contribution >= 0.6 is 27.5 Å². The molecule has 0 radical (unpaired) electrons. The standard InChI is InChI=1S/C14H19BrClNO/c1-9(2)7-10(3)17(4)14(18)12-8-11(15)5-6-13(12)16/h5-6,8-10H,7H2,1-4H3. The number of amides is 1. The van der Waals surface area contributed by atoms with E-state index in [1.54, 1.807) is 17.0 Å². The fourth-order valence-corrected chi connectivity index (χ4v) is 2.45. The molecule has 0 aliphatic rings. The van der Waals surface area contributed by atoms with Crippen molar-refractivity contribution in [1.29, 1.82) is 0 Å². The summed E-state index contributed by atoms with van der Waals surface area (Å²) in [6, 6.07) is 5.53. The van der Waals surface area contributed by atoms with Gasteiger partial charge in [-0.05, 0) is 37.5 Å². The van der Waals surface area contributed by atoms with Gasteiger partial charge in [-0.3, -0.25) is 4.79 Å². The van der Waals surface area contributed by atoms with E-state index in [1.165, 1.54) is 0 Å². The van der Waals surface area contributed by atoms with Crippen LogP contribution in [0.15, 0.2) is 22.7 Å². The smallest absolute Gasteiger partial charge is 0.255 e. The first-order valence-corrected chi connectivity index (χ1v) is 7.22. The molecule has 1 unspecified atom stereocenters. The highest BCUT2D eigenvalue weighted by atomic mass is 79.9. The van der Waals surface area contributed by atoms with Crippen molar-refractivity contribution in [1.82, 2.24) is 4.90 Å². The van der Waals surface area contributed by atoms with Gasteiger partial charge in [0.15, 0.2) is 0 Å². The fraction of sp³-hybridized carbons (Fsp3) is 0.500. The third-order valence-corrected chi connectivity index (χ3v) is 3.78. The van der Waals surface area contributed by atoms with E-state index >= 15 is 0 Å². The van der Waals surface area contributed by atoms with Gasteiger partial charge in [-0.25, -0.2) is 0 Å². The average molecular weight is 333 g/mol. The predicted octanol–water partition coefficient (Wildman–Crippen LogP) is 4.61. The van der Waals surface area contributed by atoms with Crippen LogP contribution in [-0.4, -0.2) is 23.9 Å². The summed E-state index contributed by atoms with van der Waals surface area (Å²) in [5, 5.41) is 0.492. The molecule has 1 amide bonds. The van der Waals surface area contributed by atoms with Crippen molar-refractivity contribution in [3.63, 3.8) is 0 Å². The van der Waals surface area contributed by atoms with Crippen LogP contribution in [0, 0.1) is 5.92 Å². The van der Waals surface area contributed by atoms with Gasteiger partial charge in [0.25, 0.3) is 5.91 Å². The summed E-state index contributed by atoms with van der Waals surface area (Å²) in [6.45, 7) is 6.37. The molecule has 1 atom stereocenters. The first kappa shape index (κ1) is 15.5. The van der Waals surface area contributed by atoms with Gasteiger partial charge in [-0.2, -0.15) is 0 Å². The maximum atomic E-state index is 12.4. The number of nitrogens with zero attached hydrogens (tertiary/aromatic N) is 1. The highest BCUT2D eigenvalue weighted by Gasteiger charge is 2.20. The Hall–Kier alpha value is -0.540. The molecule has 0 heterocycles. The zero-order valence-electron chi connectivity index (χ0n) is 11.2. The molecule has 0 saturated heterocycles. The van der Waals surface area contributed by atoms with Crippen LogP contribution < -0.4 is 0 Å². The van der Waals surface area contributed by atoms with Gasteiger partial charge in [0.1, 0.15) is 0 Å². The minimum atomic E-state index is -0.0329. The summed E-state index contributed by atoms with van der Waals surface area (Å²) in [5.74, 6) is 0.530. The molecular weight excluding hydrogens is 314 g/mol. The van der Waals surface area contributed by atoms with Crippen molar-refractivity contribution >= 4 is 33.4 Å². The number of hydrogen-bond donors (Lipinski definition) is 0. The Labute approximate surface area is 122 Å². The van der Waals surface area contributed by atoms with Crippen LogP contribution in [-0.2, 0) is 0 Å². The van der Waals surface area contributed by atoms with E-state index in [2.05, 4.69) is 36.7 Å². The Morgan fingerprint density at radius 3 is 2.56 bits per heavy atom. The molecule has 0 fully saturated rings. The van der Waals surface area contributed by atoms with E-state index in [-0.39, 0.29) is 11.9 Å². The molecule has 0 spiro atoms. The normalized spacial score (nSPS) is 12.6. The van der Waals surface area contributed by atoms with Crippen LogP contribution in [0.1, 0.15) is 37.6 Å². The van der Waals surface area contributed by atoms with Crippen molar-refractivity contribution in [2.24, 2.45) is 5.92 Å². The van der Waals surface area contributed by atoms with E-state index in [4.69, 9.17) is 11.6 Å². The van der Waals surface area contributed by atoms with Crippen LogP contribution in [0.2, 0.25) is 5.02 Å². The third-order valence-electron chi connectivity index (χ3n) is 2.95. The first-order chi connectivity index (χ1) is 8.32. The number of benzene rings is 1. The molecule has 0 aliphatic carbocycles. The van der Waals surface area contributed by atoms with Gasteiger partial charge >= 0.3 is 0 Å². The molecule has 0 saturated carbocycles. The lowest BCUT2D eigenvalue weighted by Gasteiger charge is -2.26. The summed E-state index contributed by atoms with van der Waals surface area (Å²) in [5.41, 5.74) is 0.546. The van der Waals surface area contributed by atoms with E-state index < -0.39 is 0 Å². The summed E-state index contributed by atoms with van der Waals surface area (Å²) < 4.78 is 0.861. The van der Waals surface area contributed by atoms with Crippen molar-refractivity contribution in [2.45, 2.75) is 33.2 Å². The Morgan fingerprint density at radius 2 is 2.00 bits per heavy atom. The van der Waals surface area contributed by atoms with Crippen LogP contribution in [0.3, 0.4) is 0 Å². The summed E-state index contributed by atoms with van der Waals surface area (Å²) in [4.78, 5) is 14.1. The van der Waals surface area contributed by atoms with Crippen molar-refractivity contribution in [3.8, 4) is 0 Å². The van der Waals surface area contributed by atoms with Crippen molar-refractivity contribution < 1.29 is 4.79 Å². The average Bonchev–Trinajstić information content (AvgIpc) is 2.29. The molecule has 0 aliphatic heterocycles. The van der Waals surface area contributed by atoms with Crippen molar-refractivity contribution in [3.05, 3.63) is 33.3 Å². The number of halogens is 2. The van der Waals surface area contributed by atoms with Crippen LogP contribution in [0.4, 0.5) is 0 Å². The second-order valence-corrected chi connectivity index (χ2v) is 6.34. The van der Waals surface area contributed by atoms with Gasteiger partial charge in [-0.15, -0.1) is 0 Å². The van der Waals surface area contributed by atoms with Gasteiger partial charge in [0, 0.05) is 17.6 Å². The molecule has 0 bridgehead atoms. The zero-order chi connectivity index (χ0) is 13.9. The zero-order valence-corrected chi connectivity index (χ0v) is 13.5. The largest absolute Gasteiger partial charge is 0.339 e. The topological polar surface area (TPSA) is 20.3 Å². The van der Waals surface area contributed by atoms with Crippen molar-refractivity contribution in [2.75, 3.05) is 7.05 Å². The van der Waals surface area contributed by atoms with Gasteiger partial charge in [-0.1, -0.05) is 41.4 Å². The minimum absolute atomic E-state index is 0.0329. The second kappa shape index (κ2) is 6.58. The molecule has 1 aromatic rings. The molecule has 100 valence electrons. The monoisotopic (exact) mass is 331 g/mol. The maximum Gasteiger partial charge on any atom is 0.255 e. The molecule has 0 N–H and O–H groups in total. The molecule has 0 aromatic heterocycles. The van der Waals surface area contributed by atoms with Crippen LogP contribution in [0.25, 0.3) is 0 Å². The van der Waals surface area contributed by atoms with Crippen LogP contribution in [0.5, 0.6) is 0 Å². The van der Waals surface area contributed by atoms with E-state index in [1.807, 2.05) is 13.1 Å². The predicted molar refractivity (Wildman–Crippen MR) is 80.2 cm³/mol. The van der Waals surface area contributed by atoms with Gasteiger partial charge in [0.05, 0.1) is 10.6 Å². The second-order valence-electron chi connectivity index (χ2n) is 5.02. The maximum absolute atomic E-state index is 12.4. The highest BCUT2D eigenvalue weighted by Crippen LogP contribution is 2.23. The van der Waals surface area contributed by atoms with E-state index in [0.717, 1.165) is 10.9 Å². The third kappa shape index (κ3) is 3.99. The SMILES string of the molecule is CC(C)CC(C)N(C)C(=O)c1cc(Br)ccc1Cl. The summed E-state index contributed by atoms with van der Waals surface area (Å²) >= 11 is 9.44. The molecule has 2 nitrogen and oxygen atoms in total. The lowest BCUT2D eigenvalue weighted by molar-refractivity contribution is 0.0728. The molecule has 18 heavy (non-hydrogen) atoms. The Morgan fingerprint density at radius 1 is 1.39 bits per heavy atom. The number of hydrogen-bond acceptors (Lipinski definition) is 1. The fourth-order valence-electron chi connectivity index (χ4n) is 1.89. The van der Waals surface area contributed by atoms with E-state index in [9.17, 15) is 4.79 Å². The van der Waals surface area contributed by atoms with Gasteiger partial charge < -0.3 is 4.90 Å². The van der Waals surface area contributed by atoms with Gasteiger partial charge in [0.2, 0.25) is 0 Å². The molecule has 4 heteroatoms. The summed E-state index contributed by atoms with van der Waals surface area (Å²) in [6.07, 6.45) is 0.980. The number of carbonyl (C=O) groups is 1. The molecule has 1 rings (SSSR count). The lowest BCUT2D eigenvalue weighted by atomic mass is 10.0. The minimum Gasteiger partial charge on any atom is -0.339 e. The molecule has 1 aromatic carbocycles. The first-order valence-electron chi connectivity index (χ1n) is 6.05. The quantitative estimate of drug-likeness (QED) is 0.788. The Kier molecular flexibility index (Phi) is 5.67. The van der Waals surface area contributed by atoms with E-state index in [0.29, 0.717) is 16.5 Å².